The van der Waals surface area contributed by atoms with E-state index in [1.54, 1.807) is 7.05 Å². The summed E-state index contributed by atoms with van der Waals surface area (Å²) in [6.45, 7) is 0. The lowest BCUT2D eigenvalue weighted by atomic mass is 10.4. The molecule has 0 bridgehead atoms. The van der Waals surface area contributed by atoms with E-state index in [4.69, 9.17) is 17.3 Å². The molecule has 0 aliphatic carbocycles. The highest BCUT2D eigenvalue weighted by Crippen LogP contribution is 2.22. The van der Waals surface area contributed by atoms with E-state index in [0.717, 1.165) is 0 Å². The molecule has 2 N–H and O–H groups in total. The first-order chi connectivity index (χ1) is 5.57. The van der Waals surface area contributed by atoms with E-state index in [2.05, 4.69) is 9.84 Å². The number of carbonyl (C=O) groups excluding carboxylic acids is 1. The molecule has 66 valence electrons. The van der Waals surface area contributed by atoms with Crippen LogP contribution in [0.3, 0.4) is 0 Å². The van der Waals surface area contributed by atoms with E-state index in [-0.39, 0.29) is 16.5 Å². The van der Waals surface area contributed by atoms with Crippen LogP contribution in [0.15, 0.2) is 0 Å². The molecule has 0 radical (unpaired) electrons. The number of anilines is 1. The maximum absolute atomic E-state index is 11.0. The van der Waals surface area contributed by atoms with Crippen molar-refractivity contribution in [3.05, 3.63) is 10.7 Å². The maximum atomic E-state index is 11.0. The molecule has 0 fully saturated rings. The molecule has 1 rings (SSSR count). The van der Waals surface area contributed by atoms with Crippen molar-refractivity contribution in [3.8, 4) is 0 Å². The van der Waals surface area contributed by atoms with Gasteiger partial charge in [-0.2, -0.15) is 5.10 Å². The molecule has 0 amide bonds. The van der Waals surface area contributed by atoms with Crippen LogP contribution in [-0.4, -0.2) is 22.9 Å². The number of carbonyl (C=O) groups is 1. The Morgan fingerprint density at radius 2 is 2.33 bits per heavy atom. The van der Waals surface area contributed by atoms with Crippen LogP contribution in [0.25, 0.3) is 0 Å². The molecule has 0 unspecified atom stereocenters. The molecule has 0 spiro atoms. The molecule has 0 saturated heterocycles. The van der Waals surface area contributed by atoms with Crippen molar-refractivity contribution in [2.24, 2.45) is 7.05 Å². The van der Waals surface area contributed by atoms with E-state index >= 15 is 0 Å². The fourth-order valence-electron chi connectivity index (χ4n) is 0.738. The summed E-state index contributed by atoms with van der Waals surface area (Å²) in [6, 6.07) is 0. The van der Waals surface area contributed by atoms with E-state index in [0.29, 0.717) is 0 Å². The Morgan fingerprint density at radius 3 is 2.67 bits per heavy atom. The van der Waals surface area contributed by atoms with Crippen molar-refractivity contribution >= 4 is 23.4 Å². The quantitative estimate of drug-likeness (QED) is 0.651. The van der Waals surface area contributed by atoms with Gasteiger partial charge in [0.15, 0.2) is 5.69 Å². The zero-order valence-electron chi connectivity index (χ0n) is 6.67. The highest BCUT2D eigenvalue weighted by Gasteiger charge is 2.18. The first-order valence-corrected chi connectivity index (χ1v) is 3.52. The van der Waals surface area contributed by atoms with Crippen molar-refractivity contribution < 1.29 is 9.53 Å². The van der Waals surface area contributed by atoms with Gasteiger partial charge in [-0.15, -0.1) is 0 Å². The predicted octanol–water partition coefficient (Wildman–Crippen LogP) is 0.442. The van der Waals surface area contributed by atoms with Crippen LogP contribution >= 0.6 is 11.6 Å². The number of esters is 1. The van der Waals surface area contributed by atoms with Crippen LogP contribution in [0.1, 0.15) is 10.5 Å². The summed E-state index contributed by atoms with van der Waals surface area (Å²) in [7, 11) is 2.84. The van der Waals surface area contributed by atoms with Crippen LogP contribution in [0.2, 0.25) is 5.02 Å². The van der Waals surface area contributed by atoms with Crippen LogP contribution in [-0.2, 0) is 11.8 Å². The SMILES string of the molecule is COC(=O)c1nn(C)c(N)c1Cl. The van der Waals surface area contributed by atoms with Gasteiger partial charge in [-0.3, -0.25) is 4.68 Å². The summed E-state index contributed by atoms with van der Waals surface area (Å²) in [4.78, 5) is 11.0. The molecule has 0 atom stereocenters. The number of nitrogens with two attached hydrogens (primary N) is 1. The minimum absolute atomic E-state index is 0.0409. The van der Waals surface area contributed by atoms with Crippen molar-refractivity contribution in [2.45, 2.75) is 0 Å². The lowest BCUT2D eigenvalue weighted by Gasteiger charge is -1.92. The topological polar surface area (TPSA) is 70.1 Å². The molecule has 6 heteroatoms. The molecular formula is C6H8ClN3O2. The largest absolute Gasteiger partial charge is 0.464 e. The van der Waals surface area contributed by atoms with Gasteiger partial charge in [0.1, 0.15) is 10.8 Å². The molecule has 1 heterocycles. The van der Waals surface area contributed by atoms with Crippen LogP contribution in [0, 0.1) is 0 Å². The maximum Gasteiger partial charge on any atom is 0.360 e. The van der Waals surface area contributed by atoms with E-state index in [1.165, 1.54) is 11.8 Å². The predicted molar refractivity (Wildman–Crippen MR) is 44.0 cm³/mol. The Kier molecular flexibility index (Phi) is 2.23. The molecule has 12 heavy (non-hydrogen) atoms. The highest BCUT2D eigenvalue weighted by molar-refractivity contribution is 6.35. The van der Waals surface area contributed by atoms with E-state index < -0.39 is 5.97 Å². The smallest absolute Gasteiger partial charge is 0.360 e. The van der Waals surface area contributed by atoms with Crippen molar-refractivity contribution in [1.29, 1.82) is 0 Å². The summed E-state index contributed by atoms with van der Waals surface area (Å²) >= 11 is 5.68. The van der Waals surface area contributed by atoms with Crippen LogP contribution in [0.4, 0.5) is 5.82 Å². The Bertz CT molecular complexity index is 321. The average molecular weight is 190 g/mol. The minimum Gasteiger partial charge on any atom is -0.464 e. The number of aromatic nitrogens is 2. The van der Waals surface area contributed by atoms with Gasteiger partial charge in [0.25, 0.3) is 0 Å². The third-order valence-corrected chi connectivity index (χ3v) is 1.78. The number of hydrogen-bond acceptors (Lipinski definition) is 4. The van der Waals surface area contributed by atoms with Gasteiger partial charge < -0.3 is 10.5 Å². The van der Waals surface area contributed by atoms with Gasteiger partial charge in [-0.1, -0.05) is 11.6 Å². The number of hydrogen-bond donors (Lipinski definition) is 1. The van der Waals surface area contributed by atoms with Gasteiger partial charge in [0, 0.05) is 7.05 Å². The fourth-order valence-corrected chi connectivity index (χ4v) is 0.975. The normalized spacial score (nSPS) is 9.92. The number of halogens is 1. The molecule has 0 aliphatic heterocycles. The Labute approximate surface area is 74.1 Å². The zero-order valence-corrected chi connectivity index (χ0v) is 7.42. The number of rotatable bonds is 1. The van der Waals surface area contributed by atoms with E-state index in [1.807, 2.05) is 0 Å². The summed E-state index contributed by atoms with van der Waals surface area (Å²) in [5.74, 6) is -0.343. The second kappa shape index (κ2) is 3.02. The van der Waals surface area contributed by atoms with Gasteiger partial charge in [-0.05, 0) is 0 Å². The van der Waals surface area contributed by atoms with Crippen molar-refractivity contribution in [2.75, 3.05) is 12.8 Å². The van der Waals surface area contributed by atoms with Gasteiger partial charge in [-0.25, -0.2) is 4.79 Å². The van der Waals surface area contributed by atoms with Gasteiger partial charge in [0.05, 0.1) is 7.11 Å². The van der Waals surface area contributed by atoms with Gasteiger partial charge in [0.2, 0.25) is 0 Å². The third-order valence-electron chi connectivity index (χ3n) is 1.41. The zero-order chi connectivity index (χ0) is 9.30. The number of nitrogen functional groups attached to an aromatic ring is 1. The highest BCUT2D eigenvalue weighted by atomic mass is 35.5. The lowest BCUT2D eigenvalue weighted by Crippen LogP contribution is -2.03. The molecule has 0 saturated carbocycles. The second-order valence-corrected chi connectivity index (χ2v) is 2.54. The molecule has 0 aromatic carbocycles. The van der Waals surface area contributed by atoms with Crippen molar-refractivity contribution in [1.82, 2.24) is 9.78 Å². The summed E-state index contributed by atoms with van der Waals surface area (Å²) < 4.78 is 5.74. The average Bonchev–Trinajstić information content (AvgIpc) is 2.32. The Hall–Kier alpha value is -1.23. The summed E-state index contributed by atoms with van der Waals surface area (Å²) in [5.41, 5.74) is 5.50. The van der Waals surface area contributed by atoms with Crippen LogP contribution < -0.4 is 5.73 Å². The number of nitrogens with zero attached hydrogens (tertiary/aromatic N) is 2. The molecule has 1 aromatic rings. The monoisotopic (exact) mass is 189 g/mol. The Balaban J connectivity index is 3.17. The molecular weight excluding hydrogens is 182 g/mol. The van der Waals surface area contributed by atoms with Crippen molar-refractivity contribution in [3.63, 3.8) is 0 Å². The fraction of sp³-hybridized carbons (Fsp3) is 0.333. The standard InChI is InChI=1S/C6H8ClN3O2/c1-10-5(8)3(7)4(9-10)6(11)12-2/h8H2,1-2H3. The first kappa shape index (κ1) is 8.86. The first-order valence-electron chi connectivity index (χ1n) is 3.14. The molecule has 0 aliphatic rings. The Morgan fingerprint density at radius 1 is 1.75 bits per heavy atom. The lowest BCUT2D eigenvalue weighted by molar-refractivity contribution is 0.0593. The minimum atomic E-state index is -0.590. The molecule has 5 nitrogen and oxygen atoms in total. The number of ether oxygens (including phenoxy) is 1. The third kappa shape index (κ3) is 1.23. The number of aryl methyl sites for hydroxylation is 1. The van der Waals surface area contributed by atoms with Crippen LogP contribution in [0.5, 0.6) is 0 Å². The summed E-state index contributed by atoms with van der Waals surface area (Å²) in [5, 5.41) is 3.89. The molecule has 1 aromatic heterocycles. The summed E-state index contributed by atoms with van der Waals surface area (Å²) in [6.07, 6.45) is 0. The van der Waals surface area contributed by atoms with Gasteiger partial charge >= 0.3 is 5.97 Å². The van der Waals surface area contributed by atoms with E-state index in [9.17, 15) is 4.79 Å². The number of methoxy groups -OCH3 is 1. The second-order valence-electron chi connectivity index (χ2n) is 2.16.